The SMILES string of the molecule is CC12CCC3C4CCCCC4CCC3C1CCC2C(=O)O. The van der Waals surface area contributed by atoms with Gasteiger partial charge in [-0.3, -0.25) is 4.79 Å². The molecular weight excluding hydrogens is 260 g/mol. The minimum atomic E-state index is -0.523. The maximum atomic E-state index is 11.6. The van der Waals surface area contributed by atoms with E-state index in [1.807, 2.05) is 0 Å². The first kappa shape index (κ1) is 14.1. The second-order valence-electron chi connectivity index (χ2n) is 8.73. The van der Waals surface area contributed by atoms with Gasteiger partial charge in [-0.05, 0) is 80.0 Å². The molecule has 4 aliphatic rings. The van der Waals surface area contributed by atoms with Crippen molar-refractivity contribution in [3.63, 3.8) is 0 Å². The third-order valence-corrected chi connectivity index (χ3v) is 8.18. The lowest BCUT2D eigenvalue weighted by Gasteiger charge is -2.55. The summed E-state index contributed by atoms with van der Waals surface area (Å²) in [6.45, 7) is 2.31. The average Bonchev–Trinajstić information content (AvgIpc) is 2.84. The van der Waals surface area contributed by atoms with E-state index in [9.17, 15) is 9.90 Å². The van der Waals surface area contributed by atoms with Crippen LogP contribution in [-0.4, -0.2) is 11.1 Å². The number of carbonyl (C=O) groups is 1. The van der Waals surface area contributed by atoms with Crippen molar-refractivity contribution in [2.45, 2.75) is 71.1 Å². The smallest absolute Gasteiger partial charge is 0.307 e. The summed E-state index contributed by atoms with van der Waals surface area (Å²) in [7, 11) is 0. The summed E-state index contributed by atoms with van der Waals surface area (Å²) >= 11 is 0. The second-order valence-corrected chi connectivity index (χ2v) is 8.73. The van der Waals surface area contributed by atoms with Gasteiger partial charge in [0.1, 0.15) is 0 Å². The third-order valence-electron chi connectivity index (χ3n) is 8.18. The first-order valence-electron chi connectivity index (χ1n) is 9.34. The van der Waals surface area contributed by atoms with Gasteiger partial charge in [-0.1, -0.05) is 26.2 Å². The molecule has 1 N–H and O–H groups in total. The Morgan fingerprint density at radius 2 is 1.71 bits per heavy atom. The Bertz CT molecular complexity index is 431. The molecule has 0 aliphatic heterocycles. The Morgan fingerprint density at radius 3 is 2.52 bits per heavy atom. The topological polar surface area (TPSA) is 37.3 Å². The molecule has 0 aromatic carbocycles. The van der Waals surface area contributed by atoms with E-state index in [1.54, 1.807) is 0 Å². The van der Waals surface area contributed by atoms with Crippen molar-refractivity contribution >= 4 is 5.97 Å². The fourth-order valence-corrected chi connectivity index (χ4v) is 7.23. The van der Waals surface area contributed by atoms with Crippen molar-refractivity contribution in [3.05, 3.63) is 0 Å². The van der Waals surface area contributed by atoms with Gasteiger partial charge in [0.05, 0.1) is 5.92 Å². The van der Waals surface area contributed by atoms with Gasteiger partial charge in [-0.15, -0.1) is 0 Å². The number of hydrogen-bond donors (Lipinski definition) is 1. The Kier molecular flexibility index (Phi) is 3.35. The lowest BCUT2D eigenvalue weighted by Crippen LogP contribution is -2.48. The van der Waals surface area contributed by atoms with Crippen LogP contribution in [0.2, 0.25) is 0 Å². The lowest BCUT2D eigenvalue weighted by molar-refractivity contribution is -0.149. The highest BCUT2D eigenvalue weighted by Gasteiger charge is 2.58. The highest BCUT2D eigenvalue weighted by atomic mass is 16.4. The van der Waals surface area contributed by atoms with Crippen LogP contribution in [0.25, 0.3) is 0 Å². The Labute approximate surface area is 128 Å². The van der Waals surface area contributed by atoms with E-state index in [4.69, 9.17) is 0 Å². The molecule has 7 unspecified atom stereocenters. The molecule has 0 spiro atoms. The molecule has 0 amide bonds. The van der Waals surface area contributed by atoms with E-state index in [0.717, 1.165) is 30.1 Å². The Morgan fingerprint density at radius 1 is 0.905 bits per heavy atom. The molecular formula is C19H30O2. The molecule has 4 aliphatic carbocycles. The summed E-state index contributed by atoms with van der Waals surface area (Å²) in [5.41, 5.74) is 0.106. The molecule has 7 atom stereocenters. The van der Waals surface area contributed by atoms with E-state index >= 15 is 0 Å². The largest absolute Gasteiger partial charge is 0.481 e. The van der Waals surface area contributed by atoms with Crippen LogP contribution in [-0.2, 0) is 4.79 Å². The second kappa shape index (κ2) is 4.99. The molecule has 2 nitrogen and oxygen atoms in total. The van der Waals surface area contributed by atoms with E-state index in [1.165, 1.54) is 57.8 Å². The average molecular weight is 290 g/mol. The van der Waals surface area contributed by atoms with Crippen molar-refractivity contribution in [2.24, 2.45) is 40.9 Å². The predicted molar refractivity (Wildman–Crippen MR) is 82.9 cm³/mol. The molecule has 4 fully saturated rings. The lowest BCUT2D eigenvalue weighted by atomic mass is 9.50. The number of aliphatic carboxylic acids is 1. The van der Waals surface area contributed by atoms with Gasteiger partial charge >= 0.3 is 5.97 Å². The number of fused-ring (bicyclic) bond motifs is 5. The minimum absolute atomic E-state index is 0.0625. The molecule has 0 radical (unpaired) electrons. The zero-order valence-electron chi connectivity index (χ0n) is 13.4. The van der Waals surface area contributed by atoms with Gasteiger partial charge in [-0.25, -0.2) is 0 Å². The van der Waals surface area contributed by atoms with Crippen molar-refractivity contribution < 1.29 is 9.90 Å². The minimum Gasteiger partial charge on any atom is -0.481 e. The van der Waals surface area contributed by atoms with Crippen LogP contribution in [0.15, 0.2) is 0 Å². The molecule has 4 rings (SSSR count). The van der Waals surface area contributed by atoms with Crippen LogP contribution in [0.3, 0.4) is 0 Å². The normalized spacial score (nSPS) is 52.6. The van der Waals surface area contributed by atoms with Crippen LogP contribution in [0.1, 0.15) is 71.1 Å². The van der Waals surface area contributed by atoms with E-state index < -0.39 is 5.97 Å². The van der Waals surface area contributed by atoms with Crippen molar-refractivity contribution in [2.75, 3.05) is 0 Å². The number of carboxylic acid groups (broad SMARTS) is 1. The van der Waals surface area contributed by atoms with Crippen LogP contribution < -0.4 is 0 Å². The maximum Gasteiger partial charge on any atom is 0.307 e. The molecule has 4 saturated carbocycles. The fraction of sp³-hybridized carbons (Fsp3) is 0.947. The fourth-order valence-electron chi connectivity index (χ4n) is 7.23. The first-order valence-corrected chi connectivity index (χ1v) is 9.34. The van der Waals surface area contributed by atoms with Gasteiger partial charge in [0, 0.05) is 0 Å². The molecule has 0 aromatic rings. The van der Waals surface area contributed by atoms with Crippen LogP contribution in [0.5, 0.6) is 0 Å². The third kappa shape index (κ3) is 2.00. The highest BCUT2D eigenvalue weighted by molar-refractivity contribution is 5.71. The monoisotopic (exact) mass is 290 g/mol. The van der Waals surface area contributed by atoms with Crippen molar-refractivity contribution in [3.8, 4) is 0 Å². The predicted octanol–water partition coefficient (Wildman–Crippen LogP) is 4.73. The van der Waals surface area contributed by atoms with Gasteiger partial charge < -0.3 is 5.11 Å². The summed E-state index contributed by atoms with van der Waals surface area (Å²) in [5, 5.41) is 9.60. The van der Waals surface area contributed by atoms with E-state index in [0.29, 0.717) is 5.92 Å². The molecule has 0 bridgehead atoms. The molecule has 118 valence electrons. The Balaban J connectivity index is 1.59. The Hall–Kier alpha value is -0.530. The highest BCUT2D eigenvalue weighted by Crippen LogP contribution is 2.64. The molecule has 0 saturated heterocycles. The standard InChI is InChI=1S/C19H30O2/c1-19-11-10-14-13-5-3-2-4-12(13)6-7-15(14)16(19)8-9-17(19)18(20)21/h12-17H,2-11H2,1H3,(H,20,21). The van der Waals surface area contributed by atoms with Crippen LogP contribution >= 0.6 is 0 Å². The summed E-state index contributed by atoms with van der Waals surface area (Å²) in [6, 6.07) is 0. The summed E-state index contributed by atoms with van der Waals surface area (Å²) in [4.78, 5) is 11.6. The molecule has 21 heavy (non-hydrogen) atoms. The van der Waals surface area contributed by atoms with E-state index in [2.05, 4.69) is 6.92 Å². The number of hydrogen-bond acceptors (Lipinski definition) is 1. The van der Waals surface area contributed by atoms with Gasteiger partial charge in [0.25, 0.3) is 0 Å². The van der Waals surface area contributed by atoms with Crippen molar-refractivity contribution in [1.29, 1.82) is 0 Å². The molecule has 2 heteroatoms. The first-order chi connectivity index (χ1) is 10.1. The quantitative estimate of drug-likeness (QED) is 0.758. The zero-order chi connectivity index (χ0) is 14.6. The van der Waals surface area contributed by atoms with E-state index in [-0.39, 0.29) is 11.3 Å². The van der Waals surface area contributed by atoms with Crippen molar-refractivity contribution in [1.82, 2.24) is 0 Å². The molecule has 0 aromatic heterocycles. The zero-order valence-corrected chi connectivity index (χ0v) is 13.4. The summed E-state index contributed by atoms with van der Waals surface area (Å²) in [6.07, 6.45) is 13.3. The van der Waals surface area contributed by atoms with Crippen LogP contribution in [0, 0.1) is 40.9 Å². The summed E-state index contributed by atoms with van der Waals surface area (Å²) in [5.74, 6) is 3.92. The van der Waals surface area contributed by atoms with Crippen LogP contribution in [0.4, 0.5) is 0 Å². The van der Waals surface area contributed by atoms with Gasteiger partial charge in [0.15, 0.2) is 0 Å². The summed E-state index contributed by atoms with van der Waals surface area (Å²) < 4.78 is 0. The number of carboxylic acids is 1. The molecule has 0 heterocycles. The maximum absolute atomic E-state index is 11.6. The number of rotatable bonds is 1. The van der Waals surface area contributed by atoms with Gasteiger partial charge in [-0.2, -0.15) is 0 Å². The van der Waals surface area contributed by atoms with Gasteiger partial charge in [0.2, 0.25) is 0 Å².